The fourth-order valence-electron chi connectivity index (χ4n) is 2.90. The Hall–Kier alpha value is -1.71. The van der Waals surface area contributed by atoms with Gasteiger partial charge in [-0.05, 0) is 48.6 Å². The molecule has 0 heterocycles. The Morgan fingerprint density at radius 2 is 1.86 bits per heavy atom. The lowest BCUT2D eigenvalue weighted by Crippen LogP contribution is -2.41. The molecule has 0 bridgehead atoms. The summed E-state index contributed by atoms with van der Waals surface area (Å²) >= 11 is 0. The molecule has 0 spiro atoms. The van der Waals surface area contributed by atoms with Gasteiger partial charge < -0.3 is 0 Å². The van der Waals surface area contributed by atoms with Gasteiger partial charge in [-0.2, -0.15) is 0 Å². The third-order valence-corrected chi connectivity index (χ3v) is 4.11. The highest BCUT2D eigenvalue weighted by Crippen LogP contribution is 2.26. The van der Waals surface area contributed by atoms with Crippen molar-refractivity contribution in [1.29, 1.82) is 0 Å². The second-order valence-corrected chi connectivity index (χ2v) is 5.47. The van der Waals surface area contributed by atoms with Gasteiger partial charge in [-0.15, -0.1) is 0 Å². The van der Waals surface area contributed by atoms with E-state index in [0.717, 1.165) is 24.0 Å². The molecule has 112 valence electrons. The largest absolute Gasteiger partial charge is 0.271 e. The normalized spacial score (nSPS) is 13.9. The van der Waals surface area contributed by atoms with Crippen molar-refractivity contribution in [2.24, 2.45) is 5.84 Å². The molecular weight excluding hydrogens is 263 g/mol. The number of aryl methyl sites for hydroxylation is 1. The summed E-state index contributed by atoms with van der Waals surface area (Å²) in [5, 5.41) is 0. The van der Waals surface area contributed by atoms with Crippen LogP contribution >= 0.6 is 0 Å². The number of nitrogens with one attached hydrogen (secondary N) is 1. The molecule has 3 N–H and O–H groups in total. The average molecular weight is 286 g/mol. The van der Waals surface area contributed by atoms with Gasteiger partial charge in [0.25, 0.3) is 0 Å². The van der Waals surface area contributed by atoms with Gasteiger partial charge in [-0.3, -0.25) is 11.3 Å². The predicted molar refractivity (Wildman–Crippen MR) is 85.4 cm³/mol. The van der Waals surface area contributed by atoms with Crippen molar-refractivity contribution in [1.82, 2.24) is 5.43 Å². The van der Waals surface area contributed by atoms with E-state index >= 15 is 0 Å². The lowest BCUT2D eigenvalue weighted by Gasteiger charge is -2.27. The molecule has 0 fully saturated rings. The van der Waals surface area contributed by atoms with Crippen molar-refractivity contribution in [3.05, 3.63) is 71.0 Å². The quantitative estimate of drug-likeness (QED) is 0.627. The number of hydrogen-bond acceptors (Lipinski definition) is 2. The Labute approximate surface area is 126 Å². The van der Waals surface area contributed by atoms with Gasteiger partial charge in [0, 0.05) is 12.0 Å². The van der Waals surface area contributed by atoms with Crippen molar-refractivity contribution in [3.8, 4) is 0 Å². The van der Waals surface area contributed by atoms with Crippen molar-refractivity contribution in [2.45, 2.75) is 38.6 Å². The van der Waals surface area contributed by atoms with Crippen LogP contribution in [0.15, 0.2) is 48.5 Å². The van der Waals surface area contributed by atoms with Crippen LogP contribution in [-0.2, 0) is 6.42 Å². The molecule has 2 rings (SSSR count). The van der Waals surface area contributed by atoms with Crippen LogP contribution in [0.1, 0.15) is 36.0 Å². The van der Waals surface area contributed by atoms with Gasteiger partial charge in [0.05, 0.1) is 0 Å². The first-order valence-electron chi connectivity index (χ1n) is 7.41. The molecule has 2 unspecified atom stereocenters. The predicted octanol–water partition coefficient (Wildman–Crippen LogP) is 3.70. The minimum absolute atomic E-state index is 0.126. The smallest absolute Gasteiger partial charge is 0.123 e. The molecule has 2 aromatic rings. The molecule has 0 amide bonds. The van der Waals surface area contributed by atoms with Gasteiger partial charge >= 0.3 is 0 Å². The third-order valence-electron chi connectivity index (χ3n) is 4.11. The van der Waals surface area contributed by atoms with Crippen molar-refractivity contribution in [3.63, 3.8) is 0 Å². The van der Waals surface area contributed by atoms with Gasteiger partial charge in [0.15, 0.2) is 0 Å². The van der Waals surface area contributed by atoms with Crippen molar-refractivity contribution in [2.75, 3.05) is 0 Å². The number of rotatable bonds is 6. The molecule has 0 radical (unpaired) electrons. The fourth-order valence-corrected chi connectivity index (χ4v) is 2.90. The first kappa shape index (κ1) is 15.7. The third kappa shape index (κ3) is 3.90. The van der Waals surface area contributed by atoms with Crippen LogP contribution < -0.4 is 11.3 Å². The average Bonchev–Trinajstić information content (AvgIpc) is 2.50. The van der Waals surface area contributed by atoms with Crippen molar-refractivity contribution < 1.29 is 4.39 Å². The van der Waals surface area contributed by atoms with E-state index in [-0.39, 0.29) is 11.9 Å². The van der Waals surface area contributed by atoms with Crippen LogP contribution in [0.2, 0.25) is 0 Å². The zero-order valence-electron chi connectivity index (χ0n) is 12.6. The van der Waals surface area contributed by atoms with E-state index in [1.54, 1.807) is 6.07 Å². The molecule has 0 saturated carbocycles. The zero-order chi connectivity index (χ0) is 15.2. The summed E-state index contributed by atoms with van der Waals surface area (Å²) in [6.45, 7) is 4.11. The standard InChI is InChI=1S/C18H23FN2/c1-3-17(14-7-5-4-6-8-14)18(21-20)12-15-9-10-16(19)11-13(15)2/h4-11,17-18,21H,3,12,20H2,1-2H3. The maximum absolute atomic E-state index is 13.2. The second kappa shape index (κ2) is 7.34. The summed E-state index contributed by atoms with van der Waals surface area (Å²) in [5.74, 6) is 5.93. The number of benzene rings is 2. The Balaban J connectivity index is 2.22. The van der Waals surface area contributed by atoms with E-state index in [4.69, 9.17) is 5.84 Å². The monoisotopic (exact) mass is 286 g/mol. The van der Waals surface area contributed by atoms with Crippen LogP contribution in [0.5, 0.6) is 0 Å². The molecule has 0 aromatic heterocycles. The molecule has 2 atom stereocenters. The number of hydrogen-bond donors (Lipinski definition) is 2. The van der Waals surface area contributed by atoms with Crippen LogP contribution in [0.4, 0.5) is 4.39 Å². The van der Waals surface area contributed by atoms with Crippen LogP contribution in [0.3, 0.4) is 0 Å². The second-order valence-electron chi connectivity index (χ2n) is 5.47. The Kier molecular flexibility index (Phi) is 5.48. The molecule has 2 nitrogen and oxygen atoms in total. The minimum atomic E-state index is -0.191. The summed E-state index contributed by atoms with van der Waals surface area (Å²) in [4.78, 5) is 0. The first-order valence-corrected chi connectivity index (χ1v) is 7.41. The summed E-state index contributed by atoms with van der Waals surface area (Å²) in [5.41, 5.74) is 6.33. The highest BCUT2D eigenvalue weighted by atomic mass is 19.1. The summed E-state index contributed by atoms with van der Waals surface area (Å²) in [6.07, 6.45) is 1.79. The number of hydrazine groups is 1. The van der Waals surface area contributed by atoms with Crippen molar-refractivity contribution >= 4 is 0 Å². The maximum Gasteiger partial charge on any atom is 0.123 e. The highest BCUT2D eigenvalue weighted by molar-refractivity contribution is 5.29. The van der Waals surface area contributed by atoms with E-state index in [1.165, 1.54) is 11.6 Å². The van der Waals surface area contributed by atoms with Crippen LogP contribution in [0.25, 0.3) is 0 Å². The Bertz CT molecular complexity index is 569. The van der Waals surface area contributed by atoms with E-state index < -0.39 is 0 Å². The van der Waals surface area contributed by atoms with Gasteiger partial charge in [0.1, 0.15) is 5.82 Å². The lowest BCUT2D eigenvalue weighted by atomic mass is 9.85. The summed E-state index contributed by atoms with van der Waals surface area (Å²) in [6, 6.07) is 15.5. The Morgan fingerprint density at radius 3 is 2.43 bits per heavy atom. The van der Waals surface area contributed by atoms with E-state index in [9.17, 15) is 4.39 Å². The van der Waals surface area contributed by atoms with Crippen LogP contribution in [0, 0.1) is 12.7 Å². The molecule has 0 aliphatic carbocycles. The first-order chi connectivity index (χ1) is 10.2. The van der Waals surface area contributed by atoms with Gasteiger partial charge in [0.2, 0.25) is 0 Å². The lowest BCUT2D eigenvalue weighted by molar-refractivity contribution is 0.426. The molecular formula is C18H23FN2. The van der Waals surface area contributed by atoms with Gasteiger partial charge in [-0.1, -0.05) is 43.3 Å². The van der Waals surface area contributed by atoms with E-state index in [2.05, 4.69) is 36.6 Å². The summed E-state index contributed by atoms with van der Waals surface area (Å²) < 4.78 is 13.2. The highest BCUT2D eigenvalue weighted by Gasteiger charge is 2.21. The molecule has 0 aliphatic rings. The zero-order valence-corrected chi connectivity index (χ0v) is 12.6. The SMILES string of the molecule is CCC(c1ccccc1)C(Cc1ccc(F)cc1C)NN. The molecule has 21 heavy (non-hydrogen) atoms. The van der Waals surface area contributed by atoms with Gasteiger partial charge in [-0.25, -0.2) is 4.39 Å². The number of nitrogens with two attached hydrogens (primary N) is 1. The van der Waals surface area contributed by atoms with E-state index in [0.29, 0.717) is 5.92 Å². The fraction of sp³-hybridized carbons (Fsp3) is 0.333. The topological polar surface area (TPSA) is 38.0 Å². The van der Waals surface area contributed by atoms with E-state index in [1.807, 2.05) is 19.1 Å². The molecule has 3 heteroatoms. The minimum Gasteiger partial charge on any atom is -0.271 e. The molecule has 2 aromatic carbocycles. The maximum atomic E-state index is 13.2. The molecule has 0 aliphatic heterocycles. The summed E-state index contributed by atoms with van der Waals surface area (Å²) in [7, 11) is 0. The van der Waals surface area contributed by atoms with Crippen LogP contribution in [-0.4, -0.2) is 6.04 Å². The Morgan fingerprint density at radius 1 is 1.14 bits per heavy atom. The number of halogens is 1. The molecule has 0 saturated heterocycles.